The van der Waals surface area contributed by atoms with E-state index in [-0.39, 0.29) is 22.8 Å². The number of nitrogens with two attached hydrogens (primary N) is 1. The minimum atomic E-state index is -0.598. The van der Waals surface area contributed by atoms with E-state index < -0.39 is 17.3 Å². The summed E-state index contributed by atoms with van der Waals surface area (Å²) >= 11 is 0. The number of fused-ring (bicyclic) bond motifs is 1. The molecule has 0 aliphatic heterocycles. The molecule has 0 amide bonds. The van der Waals surface area contributed by atoms with E-state index in [4.69, 9.17) is 11.0 Å². The molecule has 1 aromatic carbocycles. The van der Waals surface area contributed by atoms with E-state index in [0.717, 1.165) is 31.7 Å². The van der Waals surface area contributed by atoms with Gasteiger partial charge in [0.2, 0.25) is 11.2 Å². The number of aromatic nitrogens is 2. The van der Waals surface area contributed by atoms with Crippen molar-refractivity contribution in [1.29, 1.82) is 5.26 Å². The molecule has 3 rings (SSSR count). The number of nitrogen functional groups attached to an aromatic ring is 1. The highest BCUT2D eigenvalue weighted by Gasteiger charge is 2.23. The van der Waals surface area contributed by atoms with E-state index >= 15 is 0 Å². The topological polar surface area (TPSA) is 110 Å². The van der Waals surface area contributed by atoms with Crippen molar-refractivity contribution in [3.8, 4) is 6.07 Å². The average molecular weight is 318 g/mol. The van der Waals surface area contributed by atoms with Gasteiger partial charge in [-0.2, -0.15) is 9.99 Å². The summed E-state index contributed by atoms with van der Waals surface area (Å²) in [7, 11) is 0. The standard InChI is InChI=1S/C15H17FN5O2/c16-10-6-12-13(21(23)15(18)14(8-17)20(12)22)7-11(10)19-9-4-2-1-3-5-9/h6-7,9,19,22H,1-5,18H2/q+1. The third-order valence-corrected chi connectivity index (χ3v) is 4.26. The molecule has 1 saturated carbocycles. The molecule has 0 saturated heterocycles. The molecule has 1 fully saturated rings. The zero-order valence-corrected chi connectivity index (χ0v) is 12.4. The van der Waals surface area contributed by atoms with E-state index in [1.165, 1.54) is 12.5 Å². The van der Waals surface area contributed by atoms with Crippen LogP contribution in [0.15, 0.2) is 12.1 Å². The first-order valence-corrected chi connectivity index (χ1v) is 7.49. The highest BCUT2D eigenvalue weighted by Crippen LogP contribution is 2.26. The zero-order valence-electron chi connectivity index (χ0n) is 12.4. The van der Waals surface area contributed by atoms with Crippen LogP contribution in [-0.4, -0.2) is 16.0 Å². The van der Waals surface area contributed by atoms with Gasteiger partial charge in [-0.3, -0.25) is 5.73 Å². The maximum atomic E-state index is 14.3. The first kappa shape index (κ1) is 15.1. The molecule has 2 aromatic rings. The van der Waals surface area contributed by atoms with Gasteiger partial charge in [0.15, 0.2) is 0 Å². The number of hydrogen-bond donors (Lipinski definition) is 3. The lowest BCUT2D eigenvalue weighted by Crippen LogP contribution is -2.27. The van der Waals surface area contributed by atoms with Crippen LogP contribution in [0.25, 0.3) is 11.0 Å². The smallest absolute Gasteiger partial charge is 0.356 e. The molecule has 0 spiro atoms. The summed E-state index contributed by atoms with van der Waals surface area (Å²) in [5.41, 5.74) is 5.20. The van der Waals surface area contributed by atoms with Crippen LogP contribution in [-0.2, 0) is 0 Å². The second kappa shape index (κ2) is 5.76. The quantitative estimate of drug-likeness (QED) is 0.580. The van der Waals surface area contributed by atoms with Crippen LogP contribution in [0.3, 0.4) is 0 Å². The maximum Gasteiger partial charge on any atom is 0.356 e. The third-order valence-electron chi connectivity index (χ3n) is 4.26. The van der Waals surface area contributed by atoms with Crippen LogP contribution in [0, 0.1) is 22.1 Å². The van der Waals surface area contributed by atoms with Crippen molar-refractivity contribution in [1.82, 2.24) is 4.73 Å². The number of halogens is 1. The fourth-order valence-electron chi connectivity index (χ4n) is 3.02. The summed E-state index contributed by atoms with van der Waals surface area (Å²) in [6.45, 7) is 0. The van der Waals surface area contributed by atoms with Crippen LogP contribution in [0.2, 0.25) is 0 Å². The van der Waals surface area contributed by atoms with Crippen LogP contribution in [0.5, 0.6) is 0 Å². The van der Waals surface area contributed by atoms with Crippen LogP contribution >= 0.6 is 0 Å². The number of hydrogen-bond acceptors (Lipinski definition) is 5. The van der Waals surface area contributed by atoms with Gasteiger partial charge in [0.05, 0.1) is 5.69 Å². The molecule has 0 atom stereocenters. The molecule has 4 N–H and O–H groups in total. The summed E-state index contributed by atoms with van der Waals surface area (Å²) in [4.78, 5) is 12.2. The second-order valence-corrected chi connectivity index (χ2v) is 5.75. The normalized spacial score (nSPS) is 15.5. The Balaban J connectivity index is 2.12. The van der Waals surface area contributed by atoms with Gasteiger partial charge in [0, 0.05) is 22.6 Å². The Kier molecular flexibility index (Phi) is 3.78. The third kappa shape index (κ3) is 2.54. The molecule has 7 nitrogen and oxygen atoms in total. The number of anilines is 2. The molecule has 0 unspecified atom stereocenters. The van der Waals surface area contributed by atoms with Crippen molar-refractivity contribution in [2.24, 2.45) is 0 Å². The summed E-state index contributed by atoms with van der Waals surface area (Å²) in [6.07, 6.45) is 5.25. The number of nitrogens with zero attached hydrogens (tertiary/aromatic N) is 3. The van der Waals surface area contributed by atoms with Crippen LogP contribution in [0.4, 0.5) is 15.9 Å². The monoisotopic (exact) mass is 318 g/mol. The Morgan fingerprint density at radius 3 is 2.74 bits per heavy atom. The van der Waals surface area contributed by atoms with Gasteiger partial charge in [-0.05, 0) is 12.8 Å². The molecule has 23 heavy (non-hydrogen) atoms. The summed E-state index contributed by atoms with van der Waals surface area (Å²) in [5, 5.41) is 22.0. The molecule has 1 aliphatic carbocycles. The van der Waals surface area contributed by atoms with Crippen molar-refractivity contribution in [2.75, 3.05) is 11.1 Å². The van der Waals surface area contributed by atoms with Gasteiger partial charge in [-0.15, -0.1) is 0 Å². The van der Waals surface area contributed by atoms with E-state index in [9.17, 15) is 14.5 Å². The lowest BCUT2D eigenvalue weighted by atomic mass is 9.95. The largest absolute Gasteiger partial charge is 0.427 e. The fraction of sp³-hybridized carbons (Fsp3) is 0.400. The fourth-order valence-corrected chi connectivity index (χ4v) is 3.02. The molecular formula is C15H17FN5O2+. The van der Waals surface area contributed by atoms with Gasteiger partial charge >= 0.3 is 5.82 Å². The van der Waals surface area contributed by atoms with E-state index in [1.807, 2.05) is 0 Å². The maximum absolute atomic E-state index is 14.3. The molecule has 120 valence electrons. The minimum absolute atomic E-state index is 0.0105. The molecular weight excluding hydrogens is 301 g/mol. The Hall–Kier alpha value is -2.82. The highest BCUT2D eigenvalue weighted by atomic mass is 19.1. The minimum Gasteiger partial charge on any atom is -0.427 e. The van der Waals surface area contributed by atoms with Crippen LogP contribution in [0.1, 0.15) is 37.8 Å². The molecule has 1 heterocycles. The first-order valence-electron chi connectivity index (χ1n) is 7.49. The van der Waals surface area contributed by atoms with Gasteiger partial charge in [0.1, 0.15) is 17.4 Å². The lowest BCUT2D eigenvalue weighted by Gasteiger charge is -2.24. The molecule has 0 radical (unpaired) electrons. The van der Waals surface area contributed by atoms with Crippen molar-refractivity contribution in [3.63, 3.8) is 0 Å². The van der Waals surface area contributed by atoms with E-state index in [1.54, 1.807) is 6.07 Å². The summed E-state index contributed by atoms with van der Waals surface area (Å²) < 4.78 is 15.1. The van der Waals surface area contributed by atoms with Crippen molar-refractivity contribution in [3.05, 3.63) is 28.6 Å². The second-order valence-electron chi connectivity index (χ2n) is 5.75. The van der Waals surface area contributed by atoms with Crippen LogP contribution < -0.4 is 15.5 Å². The Bertz CT molecular complexity index is 865. The van der Waals surface area contributed by atoms with Gasteiger partial charge in [-0.25, -0.2) is 4.39 Å². The molecule has 1 aliphatic rings. The summed E-state index contributed by atoms with van der Waals surface area (Å²) in [6, 6.07) is 4.12. The highest BCUT2D eigenvalue weighted by molar-refractivity contribution is 5.78. The Labute approximate surface area is 131 Å². The molecule has 0 bridgehead atoms. The summed E-state index contributed by atoms with van der Waals surface area (Å²) in [5.74, 6) is -1.03. The number of nitriles is 1. The number of benzene rings is 1. The predicted octanol–water partition coefficient (Wildman–Crippen LogP) is 2.13. The number of rotatable bonds is 2. The first-order chi connectivity index (χ1) is 11.0. The Morgan fingerprint density at radius 1 is 1.39 bits per heavy atom. The van der Waals surface area contributed by atoms with E-state index in [0.29, 0.717) is 9.16 Å². The predicted molar refractivity (Wildman–Crippen MR) is 82.1 cm³/mol. The lowest BCUT2D eigenvalue weighted by molar-refractivity contribution is -0.448. The zero-order chi connectivity index (χ0) is 16.6. The SMILES string of the molecule is N#Cc1c(N)[n+](=O)c2cc(NC3CCCCC3)c(F)cc2n1O. The van der Waals surface area contributed by atoms with Gasteiger partial charge in [0.25, 0.3) is 0 Å². The van der Waals surface area contributed by atoms with Gasteiger partial charge in [-0.1, -0.05) is 24.2 Å². The molecule has 8 heteroatoms. The van der Waals surface area contributed by atoms with Crippen molar-refractivity contribution in [2.45, 2.75) is 38.1 Å². The molecule has 1 aromatic heterocycles. The average Bonchev–Trinajstić information content (AvgIpc) is 2.56. The Morgan fingerprint density at radius 2 is 2.09 bits per heavy atom. The van der Waals surface area contributed by atoms with Crippen molar-refractivity contribution < 1.29 is 14.0 Å². The van der Waals surface area contributed by atoms with E-state index in [2.05, 4.69) is 5.32 Å². The van der Waals surface area contributed by atoms with Crippen molar-refractivity contribution >= 4 is 22.5 Å². The number of nitrogens with one attached hydrogen (secondary N) is 1. The van der Waals surface area contributed by atoms with Gasteiger partial charge < -0.3 is 10.5 Å².